The average Bonchev–Trinajstić information content (AvgIpc) is 3.26. The first-order valence-corrected chi connectivity index (χ1v) is 10.7. The number of hydrogen-bond acceptors (Lipinski definition) is 5. The van der Waals surface area contributed by atoms with Crippen LogP contribution in [0.25, 0.3) is 11.3 Å². The molecule has 1 aliphatic heterocycles. The van der Waals surface area contributed by atoms with Gasteiger partial charge in [0.05, 0.1) is 17.2 Å². The number of aromatic amines is 1. The van der Waals surface area contributed by atoms with Crippen molar-refractivity contribution in [3.05, 3.63) is 112 Å². The quantitative estimate of drug-likeness (QED) is 0.413. The summed E-state index contributed by atoms with van der Waals surface area (Å²) in [6.07, 6.45) is 0. The van der Waals surface area contributed by atoms with Crippen LogP contribution in [0.4, 0.5) is 0 Å². The Kier molecular flexibility index (Phi) is 5.47. The number of nitriles is 1. The van der Waals surface area contributed by atoms with Crippen molar-refractivity contribution in [2.45, 2.75) is 12.5 Å². The third-order valence-corrected chi connectivity index (χ3v) is 5.79. The largest absolute Gasteiger partial charge is 0.489 e. The van der Waals surface area contributed by atoms with Gasteiger partial charge in [0.2, 0.25) is 11.8 Å². The molecule has 0 spiro atoms. The SMILES string of the molecule is N#CC1=C(N)Oc2n[nH]c(-c3ccc(Cl)cc3)c2C1c1ccc(OCc2ccccc2)cc1. The van der Waals surface area contributed by atoms with Gasteiger partial charge in [-0.05, 0) is 35.4 Å². The smallest absolute Gasteiger partial charge is 0.244 e. The molecule has 0 bridgehead atoms. The molecular formula is C26H19ClN4O2. The fourth-order valence-corrected chi connectivity index (χ4v) is 4.04. The third-order valence-electron chi connectivity index (χ3n) is 5.53. The summed E-state index contributed by atoms with van der Waals surface area (Å²) in [6, 6.07) is 27.2. The number of allylic oxidation sites excluding steroid dienone is 1. The first kappa shape index (κ1) is 20.7. The molecule has 0 amide bonds. The Balaban J connectivity index is 1.50. The van der Waals surface area contributed by atoms with Crippen LogP contribution in [-0.4, -0.2) is 10.2 Å². The van der Waals surface area contributed by atoms with Gasteiger partial charge in [0.1, 0.15) is 24.0 Å². The van der Waals surface area contributed by atoms with Crippen LogP contribution in [-0.2, 0) is 6.61 Å². The van der Waals surface area contributed by atoms with Gasteiger partial charge in [0.25, 0.3) is 0 Å². The van der Waals surface area contributed by atoms with Crippen LogP contribution >= 0.6 is 11.6 Å². The highest BCUT2D eigenvalue weighted by atomic mass is 35.5. The molecule has 0 fully saturated rings. The number of hydrogen-bond donors (Lipinski definition) is 2. The second-order valence-electron chi connectivity index (χ2n) is 7.59. The minimum Gasteiger partial charge on any atom is -0.489 e. The van der Waals surface area contributed by atoms with E-state index in [1.807, 2.05) is 66.7 Å². The molecule has 1 atom stereocenters. The highest BCUT2D eigenvalue weighted by Gasteiger charge is 2.35. The summed E-state index contributed by atoms with van der Waals surface area (Å²) in [5.74, 6) is 0.696. The number of aromatic nitrogens is 2. The van der Waals surface area contributed by atoms with E-state index in [9.17, 15) is 5.26 Å². The van der Waals surface area contributed by atoms with E-state index in [0.29, 0.717) is 23.1 Å². The summed E-state index contributed by atoms with van der Waals surface area (Å²) < 4.78 is 11.6. The zero-order valence-electron chi connectivity index (χ0n) is 17.5. The second-order valence-corrected chi connectivity index (χ2v) is 8.03. The molecule has 6 nitrogen and oxygen atoms in total. The minimum atomic E-state index is -0.439. The van der Waals surface area contributed by atoms with E-state index in [1.54, 1.807) is 12.1 Å². The molecule has 162 valence electrons. The molecule has 0 saturated heterocycles. The van der Waals surface area contributed by atoms with Crippen molar-refractivity contribution >= 4 is 11.6 Å². The summed E-state index contributed by atoms with van der Waals surface area (Å²) in [7, 11) is 0. The van der Waals surface area contributed by atoms with Crippen LogP contribution in [0.1, 0.15) is 22.6 Å². The second kappa shape index (κ2) is 8.73. The molecule has 7 heteroatoms. The van der Waals surface area contributed by atoms with Gasteiger partial charge in [-0.2, -0.15) is 5.26 Å². The highest BCUT2D eigenvalue weighted by molar-refractivity contribution is 6.30. The van der Waals surface area contributed by atoms with Crippen molar-refractivity contribution in [1.29, 1.82) is 5.26 Å². The van der Waals surface area contributed by atoms with Gasteiger partial charge < -0.3 is 15.2 Å². The number of halogens is 1. The van der Waals surface area contributed by atoms with E-state index in [4.69, 9.17) is 26.8 Å². The summed E-state index contributed by atoms with van der Waals surface area (Å²) in [5.41, 5.74) is 10.8. The molecule has 1 aromatic heterocycles. The molecule has 2 heterocycles. The zero-order valence-corrected chi connectivity index (χ0v) is 18.2. The molecule has 1 unspecified atom stereocenters. The molecule has 4 aromatic rings. The Labute approximate surface area is 195 Å². The first-order chi connectivity index (χ1) is 16.1. The van der Waals surface area contributed by atoms with Gasteiger partial charge in [-0.15, -0.1) is 5.10 Å². The summed E-state index contributed by atoms with van der Waals surface area (Å²) >= 11 is 6.06. The van der Waals surface area contributed by atoms with E-state index in [0.717, 1.165) is 33.7 Å². The topological polar surface area (TPSA) is 97.0 Å². The van der Waals surface area contributed by atoms with Gasteiger partial charge in [-0.25, -0.2) is 0 Å². The molecule has 5 rings (SSSR count). The number of nitrogens with two attached hydrogens (primary N) is 1. The lowest BCUT2D eigenvalue weighted by Crippen LogP contribution is -2.21. The van der Waals surface area contributed by atoms with Crippen LogP contribution in [0.5, 0.6) is 11.6 Å². The summed E-state index contributed by atoms with van der Waals surface area (Å²) in [6.45, 7) is 0.473. The third kappa shape index (κ3) is 4.02. The monoisotopic (exact) mass is 454 g/mol. The van der Waals surface area contributed by atoms with Gasteiger partial charge in [0.15, 0.2) is 0 Å². The minimum absolute atomic E-state index is 0.0496. The Morgan fingerprint density at radius 2 is 1.76 bits per heavy atom. The number of nitrogens with one attached hydrogen (secondary N) is 1. The molecular weight excluding hydrogens is 436 g/mol. The van der Waals surface area contributed by atoms with Gasteiger partial charge in [-0.1, -0.05) is 66.2 Å². The number of ether oxygens (including phenoxy) is 2. The van der Waals surface area contributed by atoms with E-state index in [2.05, 4.69) is 16.3 Å². The fraction of sp³-hybridized carbons (Fsp3) is 0.0769. The molecule has 1 aliphatic rings. The van der Waals surface area contributed by atoms with Crippen molar-refractivity contribution in [3.8, 4) is 29.0 Å². The van der Waals surface area contributed by atoms with E-state index < -0.39 is 5.92 Å². The van der Waals surface area contributed by atoms with Crippen molar-refractivity contribution in [2.75, 3.05) is 0 Å². The summed E-state index contributed by atoms with van der Waals surface area (Å²) in [4.78, 5) is 0. The maximum atomic E-state index is 9.88. The standard InChI is InChI=1S/C26H19ClN4O2/c27-19-10-6-18(7-11-19)24-23-22(21(14-28)25(29)33-26(23)31-30-24)17-8-12-20(13-9-17)32-15-16-4-2-1-3-5-16/h1-13,22H,15,29H2,(H,30,31). The fourth-order valence-electron chi connectivity index (χ4n) is 3.91. The predicted octanol–water partition coefficient (Wildman–Crippen LogP) is 5.53. The van der Waals surface area contributed by atoms with Gasteiger partial charge in [0, 0.05) is 10.6 Å². The van der Waals surface area contributed by atoms with Gasteiger partial charge >= 0.3 is 0 Å². The Bertz CT molecular complexity index is 1350. The van der Waals surface area contributed by atoms with Gasteiger partial charge in [-0.3, -0.25) is 5.10 Å². The maximum absolute atomic E-state index is 9.88. The maximum Gasteiger partial charge on any atom is 0.244 e. The number of rotatable bonds is 5. The number of benzene rings is 3. The normalized spacial score (nSPS) is 14.8. The van der Waals surface area contributed by atoms with Crippen molar-refractivity contribution in [2.24, 2.45) is 5.73 Å². The molecule has 3 aromatic carbocycles. The number of fused-ring (bicyclic) bond motifs is 1. The van der Waals surface area contributed by atoms with Crippen LogP contribution in [0, 0.1) is 11.3 Å². The first-order valence-electron chi connectivity index (χ1n) is 10.3. The molecule has 3 N–H and O–H groups in total. The Morgan fingerprint density at radius 1 is 1.03 bits per heavy atom. The lowest BCUT2D eigenvalue weighted by Gasteiger charge is -2.24. The van der Waals surface area contributed by atoms with E-state index in [1.165, 1.54) is 0 Å². The molecule has 0 aliphatic carbocycles. The van der Waals surface area contributed by atoms with Crippen LogP contribution in [0.15, 0.2) is 90.3 Å². The molecule has 0 saturated carbocycles. The number of H-pyrrole nitrogens is 1. The number of nitrogens with zero attached hydrogens (tertiary/aromatic N) is 2. The van der Waals surface area contributed by atoms with Crippen molar-refractivity contribution in [3.63, 3.8) is 0 Å². The molecule has 33 heavy (non-hydrogen) atoms. The predicted molar refractivity (Wildman–Crippen MR) is 126 cm³/mol. The zero-order chi connectivity index (χ0) is 22.8. The van der Waals surface area contributed by atoms with Crippen LogP contribution in [0.3, 0.4) is 0 Å². The van der Waals surface area contributed by atoms with Crippen molar-refractivity contribution in [1.82, 2.24) is 10.2 Å². The van der Waals surface area contributed by atoms with E-state index in [-0.39, 0.29) is 5.88 Å². The summed E-state index contributed by atoms with van der Waals surface area (Å²) in [5, 5.41) is 17.8. The van der Waals surface area contributed by atoms with Crippen LogP contribution in [0.2, 0.25) is 5.02 Å². The lowest BCUT2D eigenvalue weighted by atomic mass is 9.83. The molecule has 0 radical (unpaired) electrons. The highest BCUT2D eigenvalue weighted by Crippen LogP contribution is 2.45. The lowest BCUT2D eigenvalue weighted by molar-refractivity contribution is 0.306. The average molecular weight is 455 g/mol. The Hall–Kier alpha value is -4.21. The Morgan fingerprint density at radius 3 is 2.45 bits per heavy atom. The van der Waals surface area contributed by atoms with Crippen LogP contribution < -0.4 is 15.2 Å². The van der Waals surface area contributed by atoms with E-state index >= 15 is 0 Å². The van der Waals surface area contributed by atoms with Crippen molar-refractivity contribution < 1.29 is 9.47 Å².